The fourth-order valence-corrected chi connectivity index (χ4v) is 2.94. The summed E-state index contributed by atoms with van der Waals surface area (Å²) in [7, 11) is 0. The number of aromatic nitrogens is 2. The number of thiazole rings is 1. The first-order chi connectivity index (χ1) is 10.0. The largest absolute Gasteiger partial charge is 0.362 e. The van der Waals surface area contributed by atoms with E-state index in [1.54, 1.807) is 0 Å². The topological polar surface area (TPSA) is 46.9 Å². The first-order valence-electron chi connectivity index (χ1n) is 7.43. The number of aryl methyl sites for hydroxylation is 1. The van der Waals surface area contributed by atoms with E-state index in [-0.39, 0.29) is 5.56 Å². The average molecular weight is 305 g/mol. The van der Waals surface area contributed by atoms with E-state index in [4.69, 9.17) is 0 Å². The Labute approximate surface area is 129 Å². The van der Waals surface area contributed by atoms with Crippen molar-refractivity contribution < 1.29 is 0 Å². The molecule has 0 saturated heterocycles. The number of nitrogens with one attached hydrogen (secondary N) is 1. The van der Waals surface area contributed by atoms with Crippen LogP contribution in [0.25, 0.3) is 11.3 Å². The number of hydrogen-bond acceptors (Lipinski definition) is 4. The molecule has 2 aromatic heterocycles. The summed E-state index contributed by atoms with van der Waals surface area (Å²) in [5.74, 6) is 0.583. The minimum atomic E-state index is 0.0593. The Kier molecular flexibility index (Phi) is 5.17. The predicted octanol–water partition coefficient (Wildman–Crippen LogP) is 3.76. The van der Waals surface area contributed by atoms with Gasteiger partial charge in [0.05, 0.1) is 11.3 Å². The molecule has 0 aliphatic rings. The van der Waals surface area contributed by atoms with Crippen molar-refractivity contribution in [2.24, 2.45) is 5.92 Å². The second kappa shape index (κ2) is 6.89. The number of pyridine rings is 1. The van der Waals surface area contributed by atoms with Gasteiger partial charge in [0.1, 0.15) is 0 Å². The van der Waals surface area contributed by atoms with Crippen LogP contribution in [0.2, 0.25) is 0 Å². The first kappa shape index (κ1) is 15.8. The number of hydrogen-bond donors (Lipinski definition) is 1. The number of anilines is 1. The molecule has 21 heavy (non-hydrogen) atoms. The molecule has 0 aromatic carbocycles. The van der Waals surface area contributed by atoms with Gasteiger partial charge in [-0.1, -0.05) is 13.8 Å². The summed E-state index contributed by atoms with van der Waals surface area (Å²) < 4.78 is 1.86. The molecule has 0 amide bonds. The highest BCUT2D eigenvalue weighted by Gasteiger charge is 2.12. The zero-order chi connectivity index (χ0) is 15.4. The zero-order valence-electron chi connectivity index (χ0n) is 13.1. The van der Waals surface area contributed by atoms with Gasteiger partial charge in [0, 0.05) is 24.2 Å². The predicted molar refractivity (Wildman–Crippen MR) is 90.2 cm³/mol. The Morgan fingerprint density at radius 1 is 1.38 bits per heavy atom. The molecule has 0 aliphatic carbocycles. The van der Waals surface area contributed by atoms with Crippen LogP contribution in [0.5, 0.6) is 0 Å². The maximum atomic E-state index is 12.7. The maximum absolute atomic E-state index is 12.7. The lowest BCUT2D eigenvalue weighted by molar-refractivity contribution is 0.502. The van der Waals surface area contributed by atoms with E-state index in [9.17, 15) is 4.79 Å². The summed E-state index contributed by atoms with van der Waals surface area (Å²) in [5.41, 5.74) is 2.51. The Morgan fingerprint density at radius 3 is 2.81 bits per heavy atom. The molecule has 0 radical (unpaired) electrons. The highest BCUT2D eigenvalue weighted by Crippen LogP contribution is 2.22. The maximum Gasteiger partial charge on any atom is 0.260 e. The second-order valence-corrected chi connectivity index (χ2v) is 6.45. The van der Waals surface area contributed by atoms with Gasteiger partial charge in [-0.05, 0) is 38.3 Å². The molecular weight excluding hydrogens is 282 g/mol. The molecule has 0 spiro atoms. The van der Waals surface area contributed by atoms with Gasteiger partial charge in [-0.3, -0.25) is 4.79 Å². The van der Waals surface area contributed by atoms with Gasteiger partial charge in [-0.15, -0.1) is 11.3 Å². The van der Waals surface area contributed by atoms with Crippen LogP contribution >= 0.6 is 11.3 Å². The third-order valence-corrected chi connectivity index (χ3v) is 4.23. The van der Waals surface area contributed by atoms with Crippen LogP contribution in [-0.4, -0.2) is 16.1 Å². The molecule has 0 bridgehead atoms. The fraction of sp³-hybridized carbons (Fsp3) is 0.500. The lowest BCUT2D eigenvalue weighted by Crippen LogP contribution is -2.24. The van der Waals surface area contributed by atoms with E-state index in [0.717, 1.165) is 36.0 Å². The van der Waals surface area contributed by atoms with Crippen molar-refractivity contribution in [3.05, 3.63) is 33.6 Å². The minimum Gasteiger partial charge on any atom is -0.362 e. The van der Waals surface area contributed by atoms with Crippen molar-refractivity contribution in [1.29, 1.82) is 0 Å². The monoisotopic (exact) mass is 305 g/mol. The van der Waals surface area contributed by atoms with Gasteiger partial charge in [0.25, 0.3) is 5.56 Å². The summed E-state index contributed by atoms with van der Waals surface area (Å²) in [5, 5.41) is 5.99. The SMILES string of the molecule is CCNc1nc(-c2ccc(C)n(CCC(C)C)c2=O)cs1. The van der Waals surface area contributed by atoms with Gasteiger partial charge in [0.15, 0.2) is 5.13 Å². The molecule has 0 unspecified atom stereocenters. The van der Waals surface area contributed by atoms with Gasteiger partial charge in [0.2, 0.25) is 0 Å². The van der Waals surface area contributed by atoms with Crippen molar-refractivity contribution >= 4 is 16.5 Å². The zero-order valence-corrected chi connectivity index (χ0v) is 14.0. The highest BCUT2D eigenvalue weighted by atomic mass is 32.1. The Bertz CT molecular complexity index is 658. The van der Waals surface area contributed by atoms with Crippen molar-refractivity contribution in [3.8, 4) is 11.3 Å². The molecule has 1 N–H and O–H groups in total. The second-order valence-electron chi connectivity index (χ2n) is 5.60. The van der Waals surface area contributed by atoms with Gasteiger partial charge in [-0.2, -0.15) is 0 Å². The van der Waals surface area contributed by atoms with Crippen LogP contribution < -0.4 is 10.9 Å². The summed E-state index contributed by atoms with van der Waals surface area (Å²) in [6.07, 6.45) is 1.00. The fourth-order valence-electron chi connectivity index (χ4n) is 2.16. The summed E-state index contributed by atoms with van der Waals surface area (Å²) >= 11 is 1.54. The Hall–Kier alpha value is -1.62. The molecule has 0 saturated carbocycles. The Morgan fingerprint density at radius 2 is 2.14 bits per heavy atom. The summed E-state index contributed by atoms with van der Waals surface area (Å²) in [4.78, 5) is 17.2. The molecule has 2 rings (SSSR count). The van der Waals surface area contributed by atoms with E-state index < -0.39 is 0 Å². The minimum absolute atomic E-state index is 0.0593. The lowest BCUT2D eigenvalue weighted by atomic mass is 10.1. The molecule has 114 valence electrons. The van der Waals surface area contributed by atoms with Crippen LogP contribution in [-0.2, 0) is 6.54 Å². The van der Waals surface area contributed by atoms with Crippen molar-refractivity contribution in [2.45, 2.75) is 40.7 Å². The molecule has 2 heterocycles. The van der Waals surface area contributed by atoms with E-state index in [2.05, 4.69) is 24.1 Å². The normalized spacial score (nSPS) is 11.1. The quantitative estimate of drug-likeness (QED) is 0.884. The van der Waals surface area contributed by atoms with Crippen LogP contribution in [0.3, 0.4) is 0 Å². The van der Waals surface area contributed by atoms with Crippen LogP contribution in [0.1, 0.15) is 32.9 Å². The van der Waals surface area contributed by atoms with Crippen LogP contribution in [0.15, 0.2) is 22.3 Å². The molecule has 0 fully saturated rings. The van der Waals surface area contributed by atoms with Crippen molar-refractivity contribution in [1.82, 2.24) is 9.55 Å². The van der Waals surface area contributed by atoms with E-state index >= 15 is 0 Å². The molecular formula is C16H23N3OS. The van der Waals surface area contributed by atoms with Gasteiger partial charge >= 0.3 is 0 Å². The molecule has 0 aliphatic heterocycles. The Balaban J connectivity index is 2.35. The van der Waals surface area contributed by atoms with Gasteiger partial charge in [-0.25, -0.2) is 4.98 Å². The van der Waals surface area contributed by atoms with E-state index in [0.29, 0.717) is 11.5 Å². The van der Waals surface area contributed by atoms with Crippen molar-refractivity contribution in [3.63, 3.8) is 0 Å². The number of rotatable bonds is 6. The smallest absolute Gasteiger partial charge is 0.260 e. The third kappa shape index (κ3) is 3.73. The lowest BCUT2D eigenvalue weighted by Gasteiger charge is -2.12. The first-order valence-corrected chi connectivity index (χ1v) is 8.31. The van der Waals surface area contributed by atoms with Crippen LogP contribution in [0, 0.1) is 12.8 Å². The molecule has 5 heteroatoms. The molecule has 2 aromatic rings. The highest BCUT2D eigenvalue weighted by molar-refractivity contribution is 7.14. The average Bonchev–Trinajstić information content (AvgIpc) is 2.87. The summed E-state index contributed by atoms with van der Waals surface area (Å²) in [6, 6.07) is 3.89. The van der Waals surface area contributed by atoms with E-state index in [1.807, 2.05) is 35.9 Å². The van der Waals surface area contributed by atoms with Crippen LogP contribution in [0.4, 0.5) is 5.13 Å². The van der Waals surface area contributed by atoms with E-state index in [1.165, 1.54) is 11.3 Å². The molecule has 4 nitrogen and oxygen atoms in total. The van der Waals surface area contributed by atoms with Crippen molar-refractivity contribution in [2.75, 3.05) is 11.9 Å². The van der Waals surface area contributed by atoms with Gasteiger partial charge < -0.3 is 9.88 Å². The molecule has 0 atom stereocenters. The summed E-state index contributed by atoms with van der Waals surface area (Å²) in [6.45, 7) is 9.96. The third-order valence-electron chi connectivity index (χ3n) is 3.43. The number of nitrogens with zero attached hydrogens (tertiary/aromatic N) is 2. The standard InChI is InChI=1S/C16H23N3OS/c1-5-17-16-18-14(10-21-16)13-7-6-12(4)19(15(13)20)9-8-11(2)3/h6-7,10-11H,5,8-9H2,1-4H3,(H,17,18).